The van der Waals surface area contributed by atoms with Gasteiger partial charge in [0.1, 0.15) is 18.0 Å². The van der Waals surface area contributed by atoms with Crippen LogP contribution in [0.15, 0.2) is 6.07 Å². The maximum Gasteiger partial charge on any atom is 0.387 e. The molecule has 1 aromatic carbocycles. The van der Waals surface area contributed by atoms with Crippen LogP contribution in [0.1, 0.15) is 72.1 Å². The van der Waals surface area contributed by atoms with E-state index in [0.29, 0.717) is 78.7 Å². The third kappa shape index (κ3) is 4.71. The number of halogens is 2. The second kappa shape index (κ2) is 10.8. The number of hydrogen-bond donors (Lipinski definition) is 3. The molecule has 1 amide bonds. The Morgan fingerprint density at radius 3 is 2.74 bits per heavy atom. The largest absolute Gasteiger partial charge is 0.461 e. The average molecular weight is 586 g/mol. The number of benzene rings is 1. The van der Waals surface area contributed by atoms with Gasteiger partial charge in [-0.3, -0.25) is 14.6 Å². The molecule has 7 rings (SSSR count). The summed E-state index contributed by atoms with van der Waals surface area (Å²) in [6.07, 6.45) is 6.02. The minimum atomic E-state index is -3.05. The van der Waals surface area contributed by atoms with Crippen molar-refractivity contribution < 1.29 is 28.2 Å². The maximum atomic E-state index is 14.2. The van der Waals surface area contributed by atoms with E-state index < -0.39 is 12.7 Å². The molecule has 13 heteroatoms. The molecule has 3 saturated heterocycles. The molecule has 1 atom stereocenters. The number of fused-ring (bicyclic) bond motifs is 3. The van der Waals surface area contributed by atoms with Gasteiger partial charge in [-0.2, -0.15) is 18.7 Å². The summed E-state index contributed by atoms with van der Waals surface area (Å²) >= 11 is 0. The summed E-state index contributed by atoms with van der Waals surface area (Å²) in [5, 5.41) is 10.3. The van der Waals surface area contributed by atoms with Crippen molar-refractivity contribution in [2.45, 2.75) is 83.2 Å². The first-order valence-corrected chi connectivity index (χ1v) is 15.0. The van der Waals surface area contributed by atoms with Gasteiger partial charge in [-0.25, -0.2) is 5.43 Å². The molecule has 0 aliphatic carbocycles. The van der Waals surface area contributed by atoms with Crippen LogP contribution in [0.25, 0.3) is 0 Å². The molecular weight excluding hydrogens is 548 g/mol. The lowest BCUT2D eigenvalue weighted by atomic mass is 9.95. The molecule has 42 heavy (non-hydrogen) atoms. The number of aliphatic hydroxyl groups is 1. The molecule has 6 heterocycles. The number of hydrazine groups is 1. The van der Waals surface area contributed by atoms with E-state index in [2.05, 4.69) is 15.8 Å². The second-order valence-corrected chi connectivity index (χ2v) is 12.1. The van der Waals surface area contributed by atoms with Crippen LogP contribution >= 0.6 is 0 Å². The zero-order chi connectivity index (χ0) is 29.0. The zero-order valence-electron chi connectivity index (χ0n) is 23.8. The first-order chi connectivity index (χ1) is 20.3. The van der Waals surface area contributed by atoms with Gasteiger partial charge in [-0.1, -0.05) is 0 Å². The van der Waals surface area contributed by atoms with Crippen LogP contribution in [0.5, 0.6) is 11.8 Å². The Bertz CT molecular complexity index is 1380. The van der Waals surface area contributed by atoms with Crippen molar-refractivity contribution in [2.75, 3.05) is 48.0 Å². The van der Waals surface area contributed by atoms with Crippen molar-refractivity contribution in [2.24, 2.45) is 0 Å². The average Bonchev–Trinajstić information content (AvgIpc) is 3.70. The maximum absolute atomic E-state index is 14.2. The first kappa shape index (κ1) is 27.5. The SMILES string of the molecule is Cc1cc2c(c(N3Cc4nc(OCC56CCCN5CCC6)nc(N5CCCC(O)CC5)c4C3=O)c1OC(F)F)CNN2. The van der Waals surface area contributed by atoms with Gasteiger partial charge in [0.05, 0.1) is 35.3 Å². The standard InChI is InChI=1S/C29H37F2N7O4/c1-17-13-20-19(14-32-35-20)23(24(17)42-27(30)31)38-15-21-22(26(38)40)25(36-9-2-5-18(39)6-12-36)34-28(33-21)41-16-29-7-3-10-37(29)11-4-8-29/h13,18,27,32,35,39H,2-12,14-16H2,1H3. The van der Waals surface area contributed by atoms with Crippen molar-refractivity contribution >= 4 is 23.1 Å². The third-order valence-corrected chi connectivity index (χ3v) is 9.50. The monoisotopic (exact) mass is 585 g/mol. The molecule has 0 saturated carbocycles. The highest BCUT2D eigenvalue weighted by Crippen LogP contribution is 2.46. The van der Waals surface area contributed by atoms with Crippen LogP contribution in [-0.2, 0) is 13.1 Å². The number of rotatable bonds is 7. The van der Waals surface area contributed by atoms with E-state index >= 15 is 0 Å². The minimum Gasteiger partial charge on any atom is -0.461 e. The Morgan fingerprint density at radius 2 is 1.95 bits per heavy atom. The number of anilines is 3. The van der Waals surface area contributed by atoms with Crippen molar-refractivity contribution in [1.82, 2.24) is 20.3 Å². The molecule has 5 aliphatic heterocycles. The molecule has 3 fully saturated rings. The first-order valence-electron chi connectivity index (χ1n) is 15.0. The highest BCUT2D eigenvalue weighted by atomic mass is 19.3. The lowest BCUT2D eigenvalue weighted by molar-refractivity contribution is -0.0499. The van der Waals surface area contributed by atoms with Crippen LogP contribution in [0.3, 0.4) is 0 Å². The summed E-state index contributed by atoms with van der Waals surface area (Å²) in [7, 11) is 0. The summed E-state index contributed by atoms with van der Waals surface area (Å²) in [4.78, 5) is 29.8. The fourth-order valence-corrected chi connectivity index (χ4v) is 7.45. The molecule has 1 aromatic heterocycles. The van der Waals surface area contributed by atoms with Crippen molar-refractivity contribution in [3.05, 3.63) is 28.5 Å². The summed E-state index contributed by atoms with van der Waals surface area (Å²) in [5.74, 6) is 0.0770. The number of nitrogens with zero attached hydrogens (tertiary/aromatic N) is 5. The van der Waals surface area contributed by atoms with Crippen LogP contribution in [-0.4, -0.2) is 76.9 Å². The van der Waals surface area contributed by atoms with Gasteiger partial charge >= 0.3 is 12.6 Å². The second-order valence-electron chi connectivity index (χ2n) is 12.1. The number of carbonyl (C=O) groups is 1. The lowest BCUT2D eigenvalue weighted by Gasteiger charge is -2.31. The number of alkyl halides is 2. The lowest BCUT2D eigenvalue weighted by Crippen LogP contribution is -2.43. The molecule has 3 N–H and O–H groups in total. The molecule has 226 valence electrons. The highest BCUT2D eigenvalue weighted by Gasteiger charge is 2.45. The molecule has 0 bridgehead atoms. The summed E-state index contributed by atoms with van der Waals surface area (Å²) in [5.41, 5.74) is 9.08. The normalized spacial score (nSPS) is 23.2. The predicted molar refractivity (Wildman–Crippen MR) is 151 cm³/mol. The van der Waals surface area contributed by atoms with E-state index in [0.717, 1.165) is 45.2 Å². The van der Waals surface area contributed by atoms with E-state index in [1.165, 1.54) is 4.90 Å². The van der Waals surface area contributed by atoms with Crippen LogP contribution < -0.4 is 30.1 Å². The number of aromatic nitrogens is 2. The third-order valence-electron chi connectivity index (χ3n) is 9.50. The number of aliphatic hydroxyl groups excluding tert-OH is 1. The molecule has 5 aliphatic rings. The van der Waals surface area contributed by atoms with Crippen LogP contribution in [0.4, 0.5) is 26.0 Å². The minimum absolute atomic E-state index is 0.000732. The fraction of sp³-hybridized carbons (Fsp3) is 0.621. The van der Waals surface area contributed by atoms with E-state index in [9.17, 15) is 18.7 Å². The van der Waals surface area contributed by atoms with Crippen molar-refractivity contribution in [3.8, 4) is 11.8 Å². The number of aryl methyl sites for hydroxylation is 1. The van der Waals surface area contributed by atoms with Gasteiger partial charge in [-0.05, 0) is 76.6 Å². The smallest absolute Gasteiger partial charge is 0.387 e. The van der Waals surface area contributed by atoms with Crippen LogP contribution in [0.2, 0.25) is 0 Å². The van der Waals surface area contributed by atoms with E-state index in [4.69, 9.17) is 19.4 Å². The quantitative estimate of drug-likeness (QED) is 0.447. The molecule has 0 spiro atoms. The van der Waals surface area contributed by atoms with Gasteiger partial charge in [0.15, 0.2) is 5.75 Å². The number of hydrogen-bond acceptors (Lipinski definition) is 10. The van der Waals surface area contributed by atoms with Gasteiger partial charge in [0.25, 0.3) is 5.91 Å². The molecule has 0 radical (unpaired) electrons. The van der Waals surface area contributed by atoms with Gasteiger partial charge < -0.3 is 24.9 Å². The van der Waals surface area contributed by atoms with Crippen molar-refractivity contribution in [1.29, 1.82) is 0 Å². The zero-order valence-corrected chi connectivity index (χ0v) is 23.8. The highest BCUT2D eigenvalue weighted by molar-refractivity contribution is 6.14. The van der Waals surface area contributed by atoms with E-state index in [1.54, 1.807) is 13.0 Å². The van der Waals surface area contributed by atoms with Crippen molar-refractivity contribution in [3.63, 3.8) is 0 Å². The Morgan fingerprint density at radius 1 is 1.14 bits per heavy atom. The summed E-state index contributed by atoms with van der Waals surface area (Å²) in [6, 6.07) is 1.96. The number of amides is 1. The number of nitrogens with one attached hydrogen (secondary N) is 2. The molecular formula is C29H37F2N7O4. The summed E-state index contributed by atoms with van der Waals surface area (Å²) in [6.45, 7) is 2.83. The Balaban J connectivity index is 1.28. The number of carbonyl (C=O) groups excluding carboxylic acids is 1. The Kier molecular flexibility index (Phi) is 7.06. The van der Waals surface area contributed by atoms with E-state index in [1.807, 2.05) is 4.90 Å². The van der Waals surface area contributed by atoms with Crippen LogP contribution in [0, 0.1) is 6.92 Å². The Hall–Kier alpha value is -3.29. The molecule has 1 unspecified atom stereocenters. The predicted octanol–water partition coefficient (Wildman–Crippen LogP) is 3.34. The Labute approximate surface area is 243 Å². The van der Waals surface area contributed by atoms with Gasteiger partial charge in [0.2, 0.25) is 0 Å². The van der Waals surface area contributed by atoms with Gasteiger partial charge in [0, 0.05) is 25.2 Å². The molecule has 11 nitrogen and oxygen atoms in total. The topological polar surface area (TPSA) is 115 Å². The fourth-order valence-electron chi connectivity index (χ4n) is 7.45. The summed E-state index contributed by atoms with van der Waals surface area (Å²) < 4.78 is 38.5. The van der Waals surface area contributed by atoms with Gasteiger partial charge in [-0.15, -0.1) is 0 Å². The van der Waals surface area contributed by atoms with E-state index in [-0.39, 0.29) is 29.8 Å². The molecule has 2 aromatic rings. The number of ether oxygens (including phenoxy) is 2.